The Morgan fingerprint density at radius 2 is 1.80 bits per heavy atom. The number of benzene rings is 2. The lowest BCUT2D eigenvalue weighted by molar-refractivity contribution is -0.109. The van der Waals surface area contributed by atoms with E-state index >= 15 is 0 Å². The molecular formula is C22H23Cl2N5O. The van der Waals surface area contributed by atoms with Gasteiger partial charge in [0.15, 0.2) is 0 Å². The Kier molecular flexibility index (Phi) is 6.49. The van der Waals surface area contributed by atoms with E-state index < -0.39 is 0 Å². The van der Waals surface area contributed by atoms with Crippen LogP contribution < -0.4 is 10.6 Å². The molecule has 2 aromatic carbocycles. The molecule has 0 amide bonds. The number of rotatable bonds is 6. The third kappa shape index (κ3) is 4.42. The minimum absolute atomic E-state index is 0.223. The molecule has 6 nitrogen and oxygen atoms in total. The molecule has 1 aromatic heterocycles. The fourth-order valence-electron chi connectivity index (χ4n) is 3.93. The zero-order chi connectivity index (χ0) is 21.1. The number of aromatic nitrogens is 2. The van der Waals surface area contributed by atoms with Gasteiger partial charge in [-0.2, -0.15) is 0 Å². The first-order valence-corrected chi connectivity index (χ1v) is 10.7. The van der Waals surface area contributed by atoms with Crippen LogP contribution in [0.5, 0.6) is 0 Å². The van der Waals surface area contributed by atoms with Crippen LogP contribution in [0.1, 0.15) is 17.9 Å². The first-order chi connectivity index (χ1) is 14.6. The molecule has 3 aromatic rings. The largest absolute Gasteiger partial charge is 0.353 e. The van der Waals surface area contributed by atoms with Gasteiger partial charge in [0.05, 0.1) is 21.7 Å². The predicted molar refractivity (Wildman–Crippen MR) is 121 cm³/mol. The van der Waals surface area contributed by atoms with Gasteiger partial charge in [-0.3, -0.25) is 4.90 Å². The molecule has 2 unspecified atom stereocenters. The van der Waals surface area contributed by atoms with Gasteiger partial charge in [-0.25, -0.2) is 9.97 Å². The summed E-state index contributed by atoms with van der Waals surface area (Å²) in [5.74, 6) is 0.633. The average molecular weight is 444 g/mol. The number of hydrogen-bond donors (Lipinski definition) is 1. The summed E-state index contributed by atoms with van der Waals surface area (Å²) in [6, 6.07) is 13.3. The molecule has 0 aliphatic carbocycles. The molecule has 2 N–H and O–H groups in total. The van der Waals surface area contributed by atoms with Crippen molar-refractivity contribution in [1.29, 1.82) is 0 Å². The Labute approximate surface area is 185 Å². The molecule has 1 aliphatic rings. The van der Waals surface area contributed by atoms with E-state index in [2.05, 4.69) is 25.8 Å². The maximum absolute atomic E-state index is 11.7. The maximum Gasteiger partial charge on any atom is 0.139 e. The number of aldehydes is 1. The molecule has 156 valence electrons. The summed E-state index contributed by atoms with van der Waals surface area (Å²) in [4.78, 5) is 25.0. The van der Waals surface area contributed by atoms with Gasteiger partial charge in [-0.1, -0.05) is 41.4 Å². The number of halogens is 2. The Morgan fingerprint density at radius 1 is 1.03 bits per heavy atom. The van der Waals surface area contributed by atoms with Gasteiger partial charge in [0.25, 0.3) is 0 Å². The number of nitrogens with two attached hydrogens (primary N) is 1. The Bertz CT molecular complexity index is 1030. The summed E-state index contributed by atoms with van der Waals surface area (Å²) >= 11 is 12.1. The molecule has 1 aliphatic heterocycles. The van der Waals surface area contributed by atoms with Crippen LogP contribution in [-0.2, 0) is 4.79 Å². The number of anilines is 1. The highest BCUT2D eigenvalue weighted by Crippen LogP contribution is 2.29. The second-order valence-corrected chi connectivity index (χ2v) is 8.27. The minimum atomic E-state index is -0.321. The van der Waals surface area contributed by atoms with Crippen LogP contribution in [0, 0.1) is 0 Å². The van der Waals surface area contributed by atoms with Crippen molar-refractivity contribution >= 4 is 46.2 Å². The third-order valence-corrected chi connectivity index (χ3v) is 6.38. The standard InChI is InChI=1S/C22H23Cl2N5O/c23-18-6-5-15(11-19(18)24)16(13-30)12-21(25)28-7-9-29(10-8-28)22-17-3-1-2-4-20(17)26-14-27-22/h1-6,11,13-14,16,21H,7-10,12,25H2. The number of carbonyl (C=O) groups is 1. The van der Waals surface area contributed by atoms with Crippen LogP contribution in [-0.4, -0.2) is 53.5 Å². The lowest BCUT2D eigenvalue weighted by atomic mass is 9.95. The van der Waals surface area contributed by atoms with Crippen molar-refractivity contribution in [2.45, 2.75) is 18.5 Å². The van der Waals surface area contributed by atoms with E-state index in [9.17, 15) is 4.79 Å². The number of hydrogen-bond acceptors (Lipinski definition) is 6. The van der Waals surface area contributed by atoms with Gasteiger partial charge >= 0.3 is 0 Å². The highest BCUT2D eigenvalue weighted by atomic mass is 35.5. The van der Waals surface area contributed by atoms with Gasteiger partial charge < -0.3 is 15.4 Å². The van der Waals surface area contributed by atoms with Crippen LogP contribution in [0.3, 0.4) is 0 Å². The van der Waals surface area contributed by atoms with Crippen LogP contribution in [0.25, 0.3) is 10.9 Å². The Morgan fingerprint density at radius 3 is 2.53 bits per heavy atom. The number of para-hydroxylation sites is 1. The van der Waals surface area contributed by atoms with Gasteiger partial charge in [0, 0.05) is 37.5 Å². The molecule has 2 heterocycles. The number of nitrogens with zero attached hydrogens (tertiary/aromatic N) is 4. The molecule has 0 bridgehead atoms. The van der Waals surface area contributed by atoms with E-state index in [1.54, 1.807) is 18.5 Å². The zero-order valence-electron chi connectivity index (χ0n) is 16.4. The normalized spacial score (nSPS) is 17.1. The van der Waals surface area contributed by atoms with Gasteiger partial charge in [-0.05, 0) is 36.2 Å². The predicted octanol–water partition coefficient (Wildman–Crippen LogP) is 3.72. The minimum Gasteiger partial charge on any atom is -0.353 e. The lowest BCUT2D eigenvalue weighted by Crippen LogP contribution is -2.54. The van der Waals surface area contributed by atoms with E-state index in [-0.39, 0.29) is 12.1 Å². The van der Waals surface area contributed by atoms with Crippen molar-refractivity contribution in [3.8, 4) is 0 Å². The van der Waals surface area contributed by atoms with Crippen LogP contribution in [0.2, 0.25) is 10.0 Å². The van der Waals surface area contributed by atoms with Gasteiger partial charge in [0.1, 0.15) is 18.4 Å². The summed E-state index contributed by atoms with van der Waals surface area (Å²) < 4.78 is 0. The molecule has 4 rings (SSSR count). The summed E-state index contributed by atoms with van der Waals surface area (Å²) in [7, 11) is 0. The van der Waals surface area contributed by atoms with Crippen LogP contribution >= 0.6 is 23.2 Å². The summed E-state index contributed by atoms with van der Waals surface area (Å²) in [5, 5.41) is 1.97. The van der Waals surface area contributed by atoms with E-state index in [1.807, 2.05) is 24.3 Å². The van der Waals surface area contributed by atoms with Crippen molar-refractivity contribution in [2.75, 3.05) is 31.1 Å². The number of piperazine rings is 1. The molecule has 30 heavy (non-hydrogen) atoms. The van der Waals surface area contributed by atoms with E-state index in [0.717, 1.165) is 54.7 Å². The first-order valence-electron chi connectivity index (χ1n) is 9.91. The summed E-state index contributed by atoms with van der Waals surface area (Å²) in [6.07, 6.45) is 2.85. The van der Waals surface area contributed by atoms with Crippen molar-refractivity contribution in [3.05, 3.63) is 64.4 Å². The molecule has 1 saturated heterocycles. The summed E-state index contributed by atoms with van der Waals surface area (Å²) in [6.45, 7) is 3.22. The topological polar surface area (TPSA) is 75.4 Å². The zero-order valence-corrected chi connectivity index (χ0v) is 17.9. The van der Waals surface area contributed by atoms with E-state index in [1.165, 1.54) is 0 Å². The molecule has 1 fully saturated rings. The number of carbonyl (C=O) groups excluding carboxylic acids is 1. The molecular weight excluding hydrogens is 421 g/mol. The van der Waals surface area contributed by atoms with Gasteiger partial charge in [-0.15, -0.1) is 0 Å². The first kappa shape index (κ1) is 21.0. The lowest BCUT2D eigenvalue weighted by Gasteiger charge is -2.39. The highest BCUT2D eigenvalue weighted by Gasteiger charge is 2.26. The smallest absolute Gasteiger partial charge is 0.139 e. The number of fused-ring (bicyclic) bond motifs is 1. The van der Waals surface area contributed by atoms with Gasteiger partial charge in [0.2, 0.25) is 0 Å². The molecule has 0 radical (unpaired) electrons. The van der Waals surface area contributed by atoms with E-state index in [0.29, 0.717) is 16.5 Å². The van der Waals surface area contributed by atoms with Crippen LogP contribution in [0.15, 0.2) is 48.8 Å². The average Bonchev–Trinajstić information content (AvgIpc) is 2.79. The molecule has 0 spiro atoms. The Hall–Kier alpha value is -2.25. The molecule has 0 saturated carbocycles. The van der Waals surface area contributed by atoms with Crippen molar-refractivity contribution in [3.63, 3.8) is 0 Å². The molecule has 8 heteroatoms. The van der Waals surface area contributed by atoms with Crippen LogP contribution in [0.4, 0.5) is 5.82 Å². The Balaban J connectivity index is 1.40. The van der Waals surface area contributed by atoms with Crippen molar-refractivity contribution in [2.24, 2.45) is 5.73 Å². The SMILES string of the molecule is NC(CC(C=O)c1ccc(Cl)c(Cl)c1)N1CCN(c2ncnc3ccccc23)CC1. The summed E-state index contributed by atoms with van der Waals surface area (Å²) in [5.41, 5.74) is 8.24. The quantitative estimate of drug-likeness (QED) is 0.585. The monoisotopic (exact) mass is 443 g/mol. The van der Waals surface area contributed by atoms with Crippen molar-refractivity contribution < 1.29 is 4.79 Å². The third-order valence-electron chi connectivity index (χ3n) is 5.64. The fraction of sp³-hybridized carbons (Fsp3) is 0.318. The van der Waals surface area contributed by atoms with E-state index in [4.69, 9.17) is 28.9 Å². The molecule has 2 atom stereocenters. The maximum atomic E-state index is 11.7. The fourth-order valence-corrected chi connectivity index (χ4v) is 4.24. The highest BCUT2D eigenvalue weighted by molar-refractivity contribution is 6.42. The van der Waals surface area contributed by atoms with Crippen molar-refractivity contribution in [1.82, 2.24) is 14.9 Å². The second kappa shape index (κ2) is 9.27. The second-order valence-electron chi connectivity index (χ2n) is 7.46.